The number of nitrogens with zero attached hydrogens (tertiary/aromatic N) is 1. The van der Waals surface area contributed by atoms with Crippen molar-refractivity contribution in [2.75, 3.05) is 0 Å². The maximum atomic E-state index is 4.71. The normalized spacial score (nSPS) is 12.9. The number of imidazole rings is 1. The Hall–Kier alpha value is -1.13. The second-order valence-electron chi connectivity index (χ2n) is 4.99. The molecule has 0 saturated heterocycles. The Morgan fingerprint density at radius 1 is 1.44 bits per heavy atom. The number of aromatic amines is 1. The highest BCUT2D eigenvalue weighted by Crippen LogP contribution is 2.38. The zero-order valence-electron chi connectivity index (χ0n) is 10.5. The van der Waals surface area contributed by atoms with E-state index in [0.29, 0.717) is 6.04 Å². The summed E-state index contributed by atoms with van der Waals surface area (Å²) in [5, 5.41) is 3.38. The molecule has 0 bridgehead atoms. The number of H-pyrrole nitrogens is 1. The molecule has 0 fully saturated rings. The van der Waals surface area contributed by atoms with Crippen LogP contribution in [-0.4, -0.2) is 16.0 Å². The number of halogens is 1. The van der Waals surface area contributed by atoms with E-state index in [1.54, 1.807) is 0 Å². The molecule has 94 valence electrons. The SMILES string of the molecule is CC(C)NCc1nc2c([nH]1)Cc1c(Br)cccc1-2. The van der Waals surface area contributed by atoms with Crippen LogP contribution in [0.1, 0.15) is 30.9 Å². The lowest BCUT2D eigenvalue weighted by Crippen LogP contribution is -2.22. The third-order valence-corrected chi connectivity index (χ3v) is 3.98. The first kappa shape index (κ1) is 11.9. The van der Waals surface area contributed by atoms with Crippen molar-refractivity contribution < 1.29 is 0 Å². The summed E-state index contributed by atoms with van der Waals surface area (Å²) in [5.41, 5.74) is 4.95. The van der Waals surface area contributed by atoms with E-state index >= 15 is 0 Å². The summed E-state index contributed by atoms with van der Waals surface area (Å²) in [7, 11) is 0. The van der Waals surface area contributed by atoms with Crippen LogP contribution in [0.5, 0.6) is 0 Å². The Bertz CT molecular complexity index is 587. The molecular formula is C14H16BrN3. The number of nitrogens with one attached hydrogen (secondary N) is 2. The molecule has 0 spiro atoms. The molecule has 1 aromatic carbocycles. The molecule has 0 amide bonds. The second kappa shape index (κ2) is 4.52. The van der Waals surface area contributed by atoms with Gasteiger partial charge in [-0.1, -0.05) is 41.9 Å². The van der Waals surface area contributed by atoms with E-state index in [2.05, 4.69) is 58.3 Å². The fourth-order valence-corrected chi connectivity index (χ4v) is 2.84. The highest BCUT2D eigenvalue weighted by atomic mass is 79.9. The quantitative estimate of drug-likeness (QED) is 0.780. The van der Waals surface area contributed by atoms with E-state index in [1.807, 2.05) is 0 Å². The molecule has 0 radical (unpaired) electrons. The van der Waals surface area contributed by atoms with Crippen LogP contribution in [-0.2, 0) is 13.0 Å². The number of fused-ring (bicyclic) bond motifs is 3. The Balaban J connectivity index is 1.91. The van der Waals surface area contributed by atoms with Gasteiger partial charge in [0.2, 0.25) is 0 Å². The van der Waals surface area contributed by atoms with E-state index in [-0.39, 0.29) is 0 Å². The monoisotopic (exact) mass is 305 g/mol. The minimum atomic E-state index is 0.478. The average Bonchev–Trinajstić information content (AvgIpc) is 2.85. The lowest BCUT2D eigenvalue weighted by Gasteiger charge is -2.06. The maximum Gasteiger partial charge on any atom is 0.121 e. The van der Waals surface area contributed by atoms with Gasteiger partial charge in [-0.25, -0.2) is 4.98 Å². The van der Waals surface area contributed by atoms with Gasteiger partial charge in [0, 0.05) is 28.2 Å². The topological polar surface area (TPSA) is 40.7 Å². The molecule has 2 N–H and O–H groups in total. The van der Waals surface area contributed by atoms with Crippen LogP contribution in [0, 0.1) is 0 Å². The van der Waals surface area contributed by atoms with Gasteiger partial charge in [0.25, 0.3) is 0 Å². The van der Waals surface area contributed by atoms with E-state index in [9.17, 15) is 0 Å². The predicted octanol–water partition coefficient (Wildman–Crippen LogP) is 3.24. The minimum absolute atomic E-state index is 0.478. The molecule has 1 aliphatic rings. The predicted molar refractivity (Wildman–Crippen MR) is 76.5 cm³/mol. The number of hydrogen-bond donors (Lipinski definition) is 2. The van der Waals surface area contributed by atoms with Crippen LogP contribution in [0.15, 0.2) is 22.7 Å². The summed E-state index contributed by atoms with van der Waals surface area (Å²) < 4.78 is 1.17. The first-order chi connectivity index (χ1) is 8.65. The van der Waals surface area contributed by atoms with Gasteiger partial charge >= 0.3 is 0 Å². The summed E-state index contributed by atoms with van der Waals surface area (Å²) >= 11 is 3.61. The van der Waals surface area contributed by atoms with Gasteiger partial charge in [0.05, 0.1) is 12.2 Å². The molecule has 1 aliphatic carbocycles. The molecule has 3 nitrogen and oxygen atoms in total. The summed E-state index contributed by atoms with van der Waals surface area (Å²) in [6.45, 7) is 5.08. The second-order valence-corrected chi connectivity index (χ2v) is 5.84. The minimum Gasteiger partial charge on any atom is -0.344 e. The highest BCUT2D eigenvalue weighted by molar-refractivity contribution is 9.10. The van der Waals surface area contributed by atoms with Crippen LogP contribution in [0.25, 0.3) is 11.3 Å². The Kier molecular flexibility index (Phi) is 2.99. The van der Waals surface area contributed by atoms with Crippen molar-refractivity contribution in [2.24, 2.45) is 0 Å². The standard InChI is InChI=1S/C14H16BrN3/c1-8(2)16-7-13-17-12-6-10-9(14(12)18-13)4-3-5-11(10)15/h3-5,8,16H,6-7H2,1-2H3,(H,17,18). The zero-order valence-corrected chi connectivity index (χ0v) is 12.1. The summed E-state index contributed by atoms with van der Waals surface area (Å²) in [6.07, 6.45) is 0.945. The van der Waals surface area contributed by atoms with Crippen molar-refractivity contribution >= 4 is 15.9 Å². The fraction of sp³-hybridized carbons (Fsp3) is 0.357. The molecule has 1 aromatic heterocycles. The Labute approximate surface area is 115 Å². The lowest BCUT2D eigenvalue weighted by molar-refractivity contribution is 0.575. The molecule has 1 heterocycles. The summed E-state index contributed by atoms with van der Waals surface area (Å²) in [4.78, 5) is 8.14. The molecule has 0 aliphatic heterocycles. The molecular weight excluding hydrogens is 290 g/mol. The van der Waals surface area contributed by atoms with Gasteiger partial charge in [0.15, 0.2) is 0 Å². The third-order valence-electron chi connectivity index (χ3n) is 3.23. The number of aromatic nitrogens is 2. The maximum absolute atomic E-state index is 4.71. The molecule has 0 atom stereocenters. The third kappa shape index (κ3) is 1.99. The summed E-state index contributed by atoms with van der Waals surface area (Å²) in [5.74, 6) is 1.03. The molecule has 4 heteroatoms. The molecule has 0 saturated carbocycles. The van der Waals surface area contributed by atoms with Crippen molar-refractivity contribution in [2.45, 2.75) is 32.9 Å². The first-order valence-corrected chi connectivity index (χ1v) is 7.03. The highest BCUT2D eigenvalue weighted by Gasteiger charge is 2.24. The van der Waals surface area contributed by atoms with Crippen LogP contribution < -0.4 is 5.32 Å². The van der Waals surface area contributed by atoms with Crippen LogP contribution in [0.2, 0.25) is 0 Å². The van der Waals surface area contributed by atoms with Gasteiger partial charge in [-0.3, -0.25) is 0 Å². The number of benzene rings is 1. The largest absolute Gasteiger partial charge is 0.344 e. The molecule has 3 rings (SSSR count). The van der Waals surface area contributed by atoms with E-state index in [4.69, 9.17) is 4.98 Å². The molecule has 2 aromatic rings. The number of rotatable bonds is 3. The van der Waals surface area contributed by atoms with Crippen molar-refractivity contribution in [3.8, 4) is 11.3 Å². The first-order valence-electron chi connectivity index (χ1n) is 6.24. The van der Waals surface area contributed by atoms with Crippen LogP contribution >= 0.6 is 15.9 Å². The molecule has 0 unspecified atom stereocenters. The van der Waals surface area contributed by atoms with Crippen molar-refractivity contribution in [3.05, 3.63) is 39.8 Å². The van der Waals surface area contributed by atoms with E-state index < -0.39 is 0 Å². The summed E-state index contributed by atoms with van der Waals surface area (Å²) in [6, 6.07) is 6.78. The van der Waals surface area contributed by atoms with Gasteiger partial charge in [0.1, 0.15) is 5.82 Å². The van der Waals surface area contributed by atoms with E-state index in [1.165, 1.54) is 21.3 Å². The van der Waals surface area contributed by atoms with Crippen molar-refractivity contribution in [1.82, 2.24) is 15.3 Å². The van der Waals surface area contributed by atoms with Gasteiger partial charge < -0.3 is 10.3 Å². The van der Waals surface area contributed by atoms with Gasteiger partial charge in [-0.2, -0.15) is 0 Å². The zero-order chi connectivity index (χ0) is 12.7. The van der Waals surface area contributed by atoms with E-state index in [0.717, 1.165) is 24.5 Å². The molecule has 18 heavy (non-hydrogen) atoms. The van der Waals surface area contributed by atoms with Gasteiger partial charge in [-0.05, 0) is 11.6 Å². The average molecular weight is 306 g/mol. The number of hydrogen-bond acceptors (Lipinski definition) is 2. The Morgan fingerprint density at radius 3 is 3.06 bits per heavy atom. The lowest BCUT2D eigenvalue weighted by atomic mass is 10.1. The van der Waals surface area contributed by atoms with Gasteiger partial charge in [-0.15, -0.1) is 0 Å². The van der Waals surface area contributed by atoms with Crippen molar-refractivity contribution in [3.63, 3.8) is 0 Å². The Morgan fingerprint density at radius 2 is 2.28 bits per heavy atom. The van der Waals surface area contributed by atoms with Crippen molar-refractivity contribution in [1.29, 1.82) is 0 Å². The van der Waals surface area contributed by atoms with Crippen LogP contribution in [0.4, 0.5) is 0 Å². The van der Waals surface area contributed by atoms with Crippen LogP contribution in [0.3, 0.4) is 0 Å². The smallest absolute Gasteiger partial charge is 0.121 e. The fourth-order valence-electron chi connectivity index (χ4n) is 2.34.